The van der Waals surface area contributed by atoms with Crippen molar-refractivity contribution in [1.29, 1.82) is 0 Å². The normalized spacial score (nSPS) is 16.8. The van der Waals surface area contributed by atoms with Crippen molar-refractivity contribution in [2.45, 2.75) is 24.9 Å². The Bertz CT molecular complexity index is 1520. The molecule has 7 rings (SSSR count). The molecule has 1 N–H and O–H groups in total. The summed E-state index contributed by atoms with van der Waals surface area (Å²) in [4.78, 5) is 7.25. The smallest absolute Gasteiger partial charge is 0.214 e. The van der Waals surface area contributed by atoms with Gasteiger partial charge in [0, 0.05) is 37.9 Å². The Morgan fingerprint density at radius 3 is 2.65 bits per heavy atom. The fourth-order valence-corrected chi connectivity index (χ4v) is 5.31. The average Bonchev–Trinajstić information content (AvgIpc) is 3.60. The molecule has 1 spiro atoms. The van der Waals surface area contributed by atoms with Gasteiger partial charge >= 0.3 is 0 Å². The highest BCUT2D eigenvalue weighted by Gasteiger charge is 2.42. The molecule has 0 atom stereocenters. The van der Waals surface area contributed by atoms with Gasteiger partial charge in [-0.25, -0.2) is 0 Å². The molecule has 168 valence electrons. The third-order valence-electron chi connectivity index (χ3n) is 7.12. The molecule has 8 heteroatoms. The third-order valence-corrected chi connectivity index (χ3v) is 7.12. The number of anilines is 1. The van der Waals surface area contributed by atoms with Crippen LogP contribution in [0.2, 0.25) is 0 Å². The predicted molar refractivity (Wildman–Crippen MR) is 130 cm³/mol. The molecular formula is C26H23N7O. The molecule has 0 saturated carbocycles. The van der Waals surface area contributed by atoms with Crippen LogP contribution >= 0.6 is 0 Å². The average molecular weight is 450 g/mol. The molecule has 1 saturated heterocycles. The summed E-state index contributed by atoms with van der Waals surface area (Å²) in [6.45, 7) is 5.98. The van der Waals surface area contributed by atoms with Crippen LogP contribution in [0.15, 0.2) is 67.5 Å². The number of H-pyrrole nitrogens is 1. The van der Waals surface area contributed by atoms with Crippen LogP contribution in [0.1, 0.15) is 29.7 Å². The number of nitrogens with zero attached hydrogens (tertiary/aromatic N) is 6. The molecule has 2 aliphatic heterocycles. The van der Waals surface area contributed by atoms with E-state index in [0.29, 0.717) is 5.65 Å². The lowest BCUT2D eigenvalue weighted by Crippen LogP contribution is -2.48. The minimum atomic E-state index is -0.120. The Labute approximate surface area is 195 Å². The number of para-hydroxylation sites is 1. The van der Waals surface area contributed by atoms with Crippen LogP contribution in [0, 0.1) is 0 Å². The quantitative estimate of drug-likeness (QED) is 0.448. The summed E-state index contributed by atoms with van der Waals surface area (Å²) in [5.74, 6) is 1.85. The van der Waals surface area contributed by atoms with E-state index < -0.39 is 0 Å². The molecule has 0 aliphatic carbocycles. The second-order valence-electron chi connectivity index (χ2n) is 9.13. The van der Waals surface area contributed by atoms with Gasteiger partial charge in [0.05, 0.1) is 5.39 Å². The van der Waals surface area contributed by atoms with Gasteiger partial charge in [0.2, 0.25) is 5.95 Å². The van der Waals surface area contributed by atoms with Gasteiger partial charge in [-0.1, -0.05) is 55.1 Å². The maximum atomic E-state index is 6.43. The maximum absolute atomic E-state index is 6.43. The van der Waals surface area contributed by atoms with Crippen molar-refractivity contribution in [3.8, 4) is 5.75 Å². The van der Waals surface area contributed by atoms with Crippen molar-refractivity contribution >= 4 is 28.2 Å². The van der Waals surface area contributed by atoms with Crippen molar-refractivity contribution in [2.75, 3.05) is 18.0 Å². The minimum absolute atomic E-state index is 0.120. The van der Waals surface area contributed by atoms with E-state index in [-0.39, 0.29) is 5.60 Å². The molecule has 5 heterocycles. The number of hydrogen-bond acceptors (Lipinski definition) is 6. The topological polar surface area (TPSA) is 84.2 Å². The van der Waals surface area contributed by atoms with Crippen LogP contribution in [-0.2, 0) is 6.42 Å². The zero-order chi connectivity index (χ0) is 22.7. The lowest BCUT2D eigenvalue weighted by molar-refractivity contribution is 0.0664. The standard InChI is InChI=1S/C26H23N7O/c1-17(18-7-3-2-4-8-18)22-21-23(30-29-22)28-25(33-16-27-31-24(21)33)32-13-11-26(12-14-32)15-19-9-5-6-10-20(19)34-26/h2-10,16H,1,11-15H2,(H,29,30). The molecular weight excluding hydrogens is 426 g/mol. The molecule has 2 aliphatic rings. The highest BCUT2D eigenvalue weighted by molar-refractivity contribution is 6.00. The Hall–Kier alpha value is -4.20. The van der Waals surface area contributed by atoms with Crippen LogP contribution in [0.25, 0.3) is 22.3 Å². The number of aromatic amines is 1. The highest BCUT2D eigenvalue weighted by Crippen LogP contribution is 2.41. The molecule has 0 radical (unpaired) electrons. The second-order valence-corrected chi connectivity index (χ2v) is 9.13. The molecule has 0 amide bonds. The zero-order valence-corrected chi connectivity index (χ0v) is 18.6. The number of fused-ring (bicyclic) bond motifs is 4. The van der Waals surface area contributed by atoms with Gasteiger partial charge in [0.25, 0.3) is 0 Å². The van der Waals surface area contributed by atoms with Gasteiger partial charge in [-0.3, -0.25) is 9.50 Å². The van der Waals surface area contributed by atoms with Gasteiger partial charge < -0.3 is 9.64 Å². The van der Waals surface area contributed by atoms with Gasteiger partial charge in [-0.15, -0.1) is 10.2 Å². The minimum Gasteiger partial charge on any atom is -0.487 e. The summed E-state index contributed by atoms with van der Waals surface area (Å²) in [5, 5.41) is 17.1. The first kappa shape index (κ1) is 19.3. The number of hydrogen-bond donors (Lipinski definition) is 1. The van der Waals surface area contributed by atoms with Crippen molar-refractivity contribution < 1.29 is 4.74 Å². The van der Waals surface area contributed by atoms with E-state index in [4.69, 9.17) is 9.72 Å². The van der Waals surface area contributed by atoms with Crippen molar-refractivity contribution in [3.05, 3.63) is 84.3 Å². The Morgan fingerprint density at radius 2 is 1.82 bits per heavy atom. The largest absolute Gasteiger partial charge is 0.487 e. The van der Waals surface area contributed by atoms with Gasteiger partial charge in [0.1, 0.15) is 23.4 Å². The molecule has 0 bridgehead atoms. The lowest BCUT2D eigenvalue weighted by atomic mass is 9.87. The second kappa shape index (κ2) is 7.15. The monoisotopic (exact) mass is 449 g/mol. The fourth-order valence-electron chi connectivity index (χ4n) is 5.31. The van der Waals surface area contributed by atoms with Crippen molar-refractivity contribution in [3.63, 3.8) is 0 Å². The molecule has 34 heavy (non-hydrogen) atoms. The molecule has 0 unspecified atom stereocenters. The third kappa shape index (κ3) is 2.84. The predicted octanol–water partition coefficient (Wildman–Crippen LogP) is 4.04. The first-order chi connectivity index (χ1) is 16.7. The summed E-state index contributed by atoms with van der Waals surface area (Å²) in [6, 6.07) is 18.4. The first-order valence-electron chi connectivity index (χ1n) is 11.6. The van der Waals surface area contributed by atoms with E-state index in [1.807, 2.05) is 40.8 Å². The molecule has 3 aromatic heterocycles. The fraction of sp³-hybridized carbons (Fsp3) is 0.231. The van der Waals surface area contributed by atoms with Crippen LogP contribution in [-0.4, -0.2) is 48.5 Å². The van der Waals surface area contributed by atoms with E-state index in [9.17, 15) is 0 Å². The lowest BCUT2D eigenvalue weighted by Gasteiger charge is -2.39. The van der Waals surface area contributed by atoms with Gasteiger partial charge in [-0.05, 0) is 17.2 Å². The van der Waals surface area contributed by atoms with E-state index in [1.165, 1.54) is 5.56 Å². The van der Waals surface area contributed by atoms with Crippen molar-refractivity contribution in [2.24, 2.45) is 0 Å². The maximum Gasteiger partial charge on any atom is 0.214 e. The molecule has 8 nitrogen and oxygen atoms in total. The Morgan fingerprint density at radius 1 is 1.03 bits per heavy atom. The van der Waals surface area contributed by atoms with Gasteiger partial charge in [-0.2, -0.15) is 10.1 Å². The van der Waals surface area contributed by atoms with E-state index in [0.717, 1.165) is 71.9 Å². The zero-order valence-electron chi connectivity index (χ0n) is 18.6. The SMILES string of the molecule is C=C(c1ccccc1)c1n[nH]c2nc(N3CCC4(CC3)Cc3ccccc3O4)n3cnnc3c12. The number of benzene rings is 2. The van der Waals surface area contributed by atoms with Crippen LogP contribution < -0.4 is 9.64 Å². The summed E-state index contributed by atoms with van der Waals surface area (Å²) in [6.07, 6.45) is 4.57. The number of rotatable bonds is 3. The Kier molecular flexibility index (Phi) is 4.05. The highest BCUT2D eigenvalue weighted by atomic mass is 16.5. The molecule has 1 fully saturated rings. The summed E-state index contributed by atoms with van der Waals surface area (Å²) < 4.78 is 8.39. The first-order valence-corrected chi connectivity index (χ1v) is 11.6. The number of piperidine rings is 1. The van der Waals surface area contributed by atoms with E-state index in [1.54, 1.807) is 6.33 Å². The summed E-state index contributed by atoms with van der Waals surface area (Å²) in [7, 11) is 0. The van der Waals surface area contributed by atoms with Crippen LogP contribution in [0.5, 0.6) is 5.75 Å². The van der Waals surface area contributed by atoms with Crippen molar-refractivity contribution in [1.82, 2.24) is 29.8 Å². The van der Waals surface area contributed by atoms with Crippen LogP contribution in [0.3, 0.4) is 0 Å². The molecule has 2 aromatic carbocycles. The Balaban J connectivity index is 1.22. The number of nitrogens with one attached hydrogen (secondary N) is 1. The summed E-state index contributed by atoms with van der Waals surface area (Å²) in [5.41, 5.74) is 5.18. The number of aromatic nitrogens is 6. The number of ether oxygens (including phenoxy) is 1. The molecule has 5 aromatic rings. The summed E-state index contributed by atoms with van der Waals surface area (Å²) >= 11 is 0. The van der Waals surface area contributed by atoms with Crippen LogP contribution in [0.4, 0.5) is 5.95 Å². The van der Waals surface area contributed by atoms with Gasteiger partial charge in [0.15, 0.2) is 11.3 Å². The van der Waals surface area contributed by atoms with E-state index in [2.05, 4.69) is 50.1 Å². The van der Waals surface area contributed by atoms with E-state index >= 15 is 0 Å².